The number of pyridine rings is 1. The van der Waals surface area contributed by atoms with Crippen molar-refractivity contribution in [3.8, 4) is 0 Å². The zero-order valence-corrected chi connectivity index (χ0v) is 18.2. The average Bonchev–Trinajstić information content (AvgIpc) is 3.43. The molecule has 0 aliphatic rings. The molecule has 0 saturated carbocycles. The molecule has 10 heteroatoms. The molecule has 158 valence electrons. The van der Waals surface area contributed by atoms with E-state index in [1.54, 1.807) is 18.6 Å². The van der Waals surface area contributed by atoms with Gasteiger partial charge in [0.05, 0.1) is 23.2 Å². The van der Waals surface area contributed by atoms with E-state index in [9.17, 15) is 4.79 Å². The van der Waals surface area contributed by atoms with E-state index >= 15 is 0 Å². The van der Waals surface area contributed by atoms with Crippen LogP contribution >= 0.6 is 22.9 Å². The van der Waals surface area contributed by atoms with Crippen LogP contribution in [0.2, 0.25) is 5.02 Å². The van der Waals surface area contributed by atoms with Crippen LogP contribution in [0.4, 0.5) is 22.5 Å². The van der Waals surface area contributed by atoms with E-state index in [-0.39, 0.29) is 5.91 Å². The molecule has 0 bridgehead atoms. The van der Waals surface area contributed by atoms with E-state index < -0.39 is 0 Å². The summed E-state index contributed by atoms with van der Waals surface area (Å²) in [6, 6.07) is 11.1. The standard InChI is InChI=1S/C21H20ClN7OS/c1-13-4-2-5-15(22)19(13)29-20(30)16-11-25-21(31-16)28-18-7-3-6-17(27-18)24-9-8-14-10-23-12-26-14/h2-7,10-12H,8-9H2,1H3,(H,23,26)(H,29,30)(H2,24,25,27,28). The van der Waals surface area contributed by atoms with Gasteiger partial charge in [-0.2, -0.15) is 0 Å². The number of para-hydroxylation sites is 1. The number of hydrogen-bond acceptors (Lipinski definition) is 7. The van der Waals surface area contributed by atoms with Crippen molar-refractivity contribution in [2.24, 2.45) is 0 Å². The van der Waals surface area contributed by atoms with E-state index in [0.717, 1.165) is 30.0 Å². The second-order valence-electron chi connectivity index (χ2n) is 6.70. The first-order chi connectivity index (χ1) is 15.1. The number of aryl methyl sites for hydroxylation is 1. The third-order valence-corrected chi connectivity index (χ3v) is 5.66. The highest BCUT2D eigenvalue weighted by Crippen LogP contribution is 2.28. The smallest absolute Gasteiger partial charge is 0.267 e. The Balaban J connectivity index is 1.36. The molecule has 1 amide bonds. The molecular weight excluding hydrogens is 434 g/mol. The van der Waals surface area contributed by atoms with Gasteiger partial charge in [-0.25, -0.2) is 15.0 Å². The fourth-order valence-electron chi connectivity index (χ4n) is 2.86. The van der Waals surface area contributed by atoms with Crippen LogP contribution in [0, 0.1) is 6.92 Å². The van der Waals surface area contributed by atoms with E-state index in [0.29, 0.717) is 26.5 Å². The number of aromatic nitrogens is 4. The molecule has 0 radical (unpaired) electrons. The third-order valence-electron chi connectivity index (χ3n) is 4.43. The second kappa shape index (κ2) is 9.59. The fraction of sp³-hybridized carbons (Fsp3) is 0.143. The van der Waals surface area contributed by atoms with Crippen molar-refractivity contribution >= 4 is 51.3 Å². The van der Waals surface area contributed by atoms with Gasteiger partial charge in [-0.15, -0.1) is 0 Å². The molecule has 0 aliphatic carbocycles. The lowest BCUT2D eigenvalue weighted by Crippen LogP contribution is -2.11. The highest BCUT2D eigenvalue weighted by molar-refractivity contribution is 7.17. The van der Waals surface area contributed by atoms with Crippen molar-refractivity contribution in [3.63, 3.8) is 0 Å². The number of imidazole rings is 1. The monoisotopic (exact) mass is 453 g/mol. The largest absolute Gasteiger partial charge is 0.370 e. The van der Waals surface area contributed by atoms with Crippen LogP contribution in [0.1, 0.15) is 20.9 Å². The van der Waals surface area contributed by atoms with Gasteiger partial charge < -0.3 is 20.9 Å². The molecule has 3 heterocycles. The number of nitrogens with one attached hydrogen (secondary N) is 4. The summed E-state index contributed by atoms with van der Waals surface area (Å²) in [6.07, 6.45) is 5.81. The third kappa shape index (κ3) is 5.39. The highest BCUT2D eigenvalue weighted by Gasteiger charge is 2.14. The number of nitrogens with zero attached hydrogens (tertiary/aromatic N) is 3. The Hall–Kier alpha value is -3.43. The minimum Gasteiger partial charge on any atom is -0.370 e. The number of benzene rings is 1. The summed E-state index contributed by atoms with van der Waals surface area (Å²) in [5.41, 5.74) is 2.56. The molecule has 0 saturated heterocycles. The Bertz CT molecular complexity index is 1160. The van der Waals surface area contributed by atoms with Crippen LogP contribution < -0.4 is 16.0 Å². The van der Waals surface area contributed by atoms with Gasteiger partial charge in [0, 0.05) is 24.9 Å². The maximum absolute atomic E-state index is 12.6. The number of rotatable bonds is 8. The van der Waals surface area contributed by atoms with Gasteiger partial charge in [-0.1, -0.05) is 41.1 Å². The Morgan fingerprint density at radius 2 is 2.00 bits per heavy atom. The maximum Gasteiger partial charge on any atom is 0.267 e. The van der Waals surface area contributed by atoms with Crippen molar-refractivity contribution in [2.75, 3.05) is 22.5 Å². The fourth-order valence-corrected chi connectivity index (χ4v) is 3.85. The first kappa shape index (κ1) is 20.8. The van der Waals surface area contributed by atoms with E-state index in [1.807, 2.05) is 37.3 Å². The van der Waals surface area contributed by atoms with Crippen LogP contribution in [-0.4, -0.2) is 32.4 Å². The maximum atomic E-state index is 12.6. The summed E-state index contributed by atoms with van der Waals surface area (Å²) in [7, 11) is 0. The average molecular weight is 454 g/mol. The lowest BCUT2D eigenvalue weighted by atomic mass is 10.2. The zero-order valence-electron chi connectivity index (χ0n) is 16.6. The van der Waals surface area contributed by atoms with Crippen LogP contribution in [0.3, 0.4) is 0 Å². The summed E-state index contributed by atoms with van der Waals surface area (Å²) >= 11 is 7.44. The Morgan fingerprint density at radius 3 is 2.81 bits per heavy atom. The van der Waals surface area contributed by atoms with Crippen molar-refractivity contribution in [1.29, 1.82) is 0 Å². The van der Waals surface area contributed by atoms with Crippen molar-refractivity contribution in [2.45, 2.75) is 13.3 Å². The molecule has 0 fully saturated rings. The number of carbonyl (C=O) groups is 1. The number of thiazole rings is 1. The number of amides is 1. The van der Waals surface area contributed by atoms with Gasteiger partial charge >= 0.3 is 0 Å². The molecule has 3 aromatic heterocycles. The number of halogens is 1. The molecular formula is C21H20ClN7OS. The first-order valence-corrected chi connectivity index (χ1v) is 10.8. The van der Waals surface area contributed by atoms with Gasteiger partial charge in [0.15, 0.2) is 5.13 Å². The highest BCUT2D eigenvalue weighted by atomic mass is 35.5. The van der Waals surface area contributed by atoms with E-state index in [4.69, 9.17) is 11.6 Å². The normalized spacial score (nSPS) is 10.6. The summed E-state index contributed by atoms with van der Waals surface area (Å²) in [5.74, 6) is 1.12. The van der Waals surface area contributed by atoms with Crippen molar-refractivity contribution < 1.29 is 4.79 Å². The predicted octanol–water partition coefficient (Wildman–Crippen LogP) is 4.87. The molecule has 4 rings (SSSR count). The first-order valence-electron chi connectivity index (χ1n) is 9.56. The van der Waals surface area contributed by atoms with E-state index in [1.165, 1.54) is 17.5 Å². The van der Waals surface area contributed by atoms with Gasteiger partial charge in [0.25, 0.3) is 5.91 Å². The van der Waals surface area contributed by atoms with Crippen molar-refractivity contribution in [1.82, 2.24) is 19.9 Å². The topological polar surface area (TPSA) is 108 Å². The summed E-state index contributed by atoms with van der Waals surface area (Å²) < 4.78 is 0. The van der Waals surface area contributed by atoms with Gasteiger partial charge in [-0.05, 0) is 30.7 Å². The Labute approximate surface area is 188 Å². The van der Waals surface area contributed by atoms with Gasteiger partial charge in [-0.3, -0.25) is 4.79 Å². The van der Waals surface area contributed by atoms with Crippen molar-refractivity contribution in [3.05, 3.63) is 76.3 Å². The minimum atomic E-state index is -0.260. The SMILES string of the molecule is Cc1cccc(Cl)c1NC(=O)c1cnc(Nc2cccc(NCCc3cnc[nH]3)n2)s1. The molecule has 4 N–H and O–H groups in total. The summed E-state index contributed by atoms with van der Waals surface area (Å²) in [5, 5.41) is 10.3. The lowest BCUT2D eigenvalue weighted by Gasteiger charge is -2.09. The molecule has 1 aromatic carbocycles. The molecule has 8 nitrogen and oxygen atoms in total. The Kier molecular flexibility index (Phi) is 6.44. The molecule has 0 atom stereocenters. The second-order valence-corrected chi connectivity index (χ2v) is 8.14. The summed E-state index contributed by atoms with van der Waals surface area (Å²) in [6.45, 7) is 2.62. The van der Waals surface area contributed by atoms with Crippen LogP contribution in [0.15, 0.2) is 55.1 Å². The molecule has 31 heavy (non-hydrogen) atoms. The van der Waals surface area contributed by atoms with Crippen LogP contribution in [0.25, 0.3) is 0 Å². The lowest BCUT2D eigenvalue weighted by molar-refractivity contribution is 0.103. The number of carbonyl (C=O) groups excluding carboxylic acids is 1. The van der Waals surface area contributed by atoms with Gasteiger partial charge in [0.2, 0.25) is 0 Å². The molecule has 0 spiro atoms. The number of aromatic amines is 1. The molecule has 4 aromatic rings. The summed E-state index contributed by atoms with van der Waals surface area (Å²) in [4.78, 5) is 29.0. The quantitative estimate of drug-likeness (QED) is 0.303. The predicted molar refractivity (Wildman–Crippen MR) is 125 cm³/mol. The molecule has 0 unspecified atom stereocenters. The van der Waals surface area contributed by atoms with E-state index in [2.05, 4.69) is 35.9 Å². The number of H-pyrrole nitrogens is 1. The minimum absolute atomic E-state index is 0.260. The zero-order chi connectivity index (χ0) is 21.6. The van der Waals surface area contributed by atoms with Gasteiger partial charge in [0.1, 0.15) is 16.5 Å². The number of anilines is 4. The van der Waals surface area contributed by atoms with Crippen LogP contribution in [-0.2, 0) is 6.42 Å². The number of hydrogen-bond donors (Lipinski definition) is 4. The molecule has 0 aliphatic heterocycles. The Morgan fingerprint density at radius 1 is 1.16 bits per heavy atom. The van der Waals surface area contributed by atoms with Crippen LogP contribution in [0.5, 0.6) is 0 Å².